The first-order chi connectivity index (χ1) is 8.56. The van der Waals surface area contributed by atoms with Crippen LogP contribution in [0, 0.1) is 6.92 Å². The molecule has 0 unspecified atom stereocenters. The third kappa shape index (κ3) is 3.34. The number of carboxylic acids is 1. The average Bonchev–Trinajstić information content (AvgIpc) is 2.70. The molecule has 94 valence electrons. The van der Waals surface area contributed by atoms with Gasteiger partial charge in [-0.25, -0.2) is 9.78 Å². The highest BCUT2D eigenvalue weighted by atomic mass is 79.9. The summed E-state index contributed by atoms with van der Waals surface area (Å²) in [5.74, 6) is -0.120. The number of hydrogen-bond donors (Lipinski definition) is 1. The largest absolute Gasteiger partial charge is 0.477 e. The zero-order valence-corrected chi connectivity index (χ0v) is 12.7. The van der Waals surface area contributed by atoms with Gasteiger partial charge in [-0.3, -0.25) is 0 Å². The lowest BCUT2D eigenvalue weighted by atomic mass is 10.3. The summed E-state index contributed by atoms with van der Waals surface area (Å²) in [6.45, 7) is 1.95. The van der Waals surface area contributed by atoms with Gasteiger partial charge in [-0.15, -0.1) is 23.1 Å². The van der Waals surface area contributed by atoms with Crippen molar-refractivity contribution in [2.45, 2.75) is 17.7 Å². The van der Waals surface area contributed by atoms with Gasteiger partial charge in [0.1, 0.15) is 4.88 Å². The summed E-state index contributed by atoms with van der Waals surface area (Å²) < 4.78 is 0.951. The molecule has 18 heavy (non-hydrogen) atoms. The van der Waals surface area contributed by atoms with Crippen LogP contribution in [0.1, 0.15) is 20.1 Å². The number of halogens is 1. The molecule has 2 aromatic heterocycles. The maximum atomic E-state index is 10.9. The molecule has 2 rings (SSSR count). The molecule has 1 N–H and O–H groups in total. The highest BCUT2D eigenvalue weighted by Crippen LogP contribution is 2.28. The molecule has 2 heterocycles. The molecule has 0 fully saturated rings. The number of pyridine rings is 1. The Morgan fingerprint density at radius 1 is 1.56 bits per heavy atom. The molecule has 0 radical (unpaired) electrons. The Kier molecular flexibility index (Phi) is 4.42. The van der Waals surface area contributed by atoms with Gasteiger partial charge in [0.15, 0.2) is 0 Å². The van der Waals surface area contributed by atoms with Crippen molar-refractivity contribution < 1.29 is 9.90 Å². The van der Waals surface area contributed by atoms with E-state index in [2.05, 4.69) is 20.9 Å². The van der Waals surface area contributed by atoms with Crippen LogP contribution < -0.4 is 0 Å². The number of hydrogen-bond acceptors (Lipinski definition) is 4. The van der Waals surface area contributed by atoms with Crippen LogP contribution in [0.4, 0.5) is 0 Å². The van der Waals surface area contributed by atoms with Crippen LogP contribution in [0.15, 0.2) is 33.9 Å². The topological polar surface area (TPSA) is 50.2 Å². The van der Waals surface area contributed by atoms with Crippen LogP contribution in [-0.4, -0.2) is 16.1 Å². The van der Waals surface area contributed by atoms with E-state index in [0.29, 0.717) is 4.88 Å². The van der Waals surface area contributed by atoms with Gasteiger partial charge < -0.3 is 5.11 Å². The van der Waals surface area contributed by atoms with Gasteiger partial charge in [0, 0.05) is 21.3 Å². The molecule has 0 aromatic carbocycles. The van der Waals surface area contributed by atoms with Gasteiger partial charge in [-0.05, 0) is 46.6 Å². The second-order valence-corrected chi connectivity index (χ2v) is 6.77. The molecular weight excluding hydrogens is 334 g/mol. The second-order valence-electron chi connectivity index (χ2n) is 3.60. The summed E-state index contributed by atoms with van der Waals surface area (Å²) in [6.07, 6.45) is 1.76. The summed E-state index contributed by atoms with van der Waals surface area (Å²) in [5, 5.41) is 9.86. The van der Waals surface area contributed by atoms with E-state index in [1.807, 2.05) is 19.1 Å². The molecular formula is C12H10BrNO2S2. The molecule has 0 aliphatic heterocycles. The number of thiophene rings is 1. The Morgan fingerprint density at radius 3 is 2.89 bits per heavy atom. The molecule has 3 nitrogen and oxygen atoms in total. The lowest BCUT2D eigenvalue weighted by Gasteiger charge is -2.00. The Hall–Kier alpha value is -0.850. The van der Waals surface area contributed by atoms with Crippen molar-refractivity contribution in [1.29, 1.82) is 0 Å². The lowest BCUT2D eigenvalue weighted by molar-refractivity contribution is 0.0702. The van der Waals surface area contributed by atoms with Crippen LogP contribution in [0.25, 0.3) is 0 Å². The third-order valence-corrected chi connectivity index (χ3v) is 4.85. The van der Waals surface area contributed by atoms with E-state index < -0.39 is 5.97 Å². The molecule has 0 aliphatic rings. The van der Waals surface area contributed by atoms with Gasteiger partial charge in [-0.2, -0.15) is 0 Å². The van der Waals surface area contributed by atoms with E-state index in [4.69, 9.17) is 5.11 Å². The SMILES string of the molecule is Cc1sc(C(=O)O)cc1CSc1ccc(Br)cn1. The first kappa shape index (κ1) is 13.6. The summed E-state index contributed by atoms with van der Waals surface area (Å²) in [7, 11) is 0. The third-order valence-electron chi connectivity index (χ3n) is 2.31. The highest BCUT2D eigenvalue weighted by Gasteiger charge is 2.11. The maximum absolute atomic E-state index is 10.9. The fourth-order valence-corrected chi connectivity index (χ4v) is 3.47. The van der Waals surface area contributed by atoms with Crippen molar-refractivity contribution in [1.82, 2.24) is 4.98 Å². The predicted octanol–water partition coefficient (Wildman–Crippen LogP) is 4.20. The number of aromatic nitrogens is 1. The Labute approximate surface area is 121 Å². The van der Waals surface area contributed by atoms with Crippen molar-refractivity contribution in [2.24, 2.45) is 0 Å². The average molecular weight is 344 g/mol. The Balaban J connectivity index is 2.06. The van der Waals surface area contributed by atoms with Crippen LogP contribution in [0.3, 0.4) is 0 Å². The first-order valence-electron chi connectivity index (χ1n) is 5.13. The van der Waals surface area contributed by atoms with E-state index in [1.165, 1.54) is 11.3 Å². The summed E-state index contributed by atoms with van der Waals surface area (Å²) in [4.78, 5) is 16.6. The van der Waals surface area contributed by atoms with E-state index in [1.54, 1.807) is 24.0 Å². The number of nitrogens with zero attached hydrogens (tertiary/aromatic N) is 1. The second kappa shape index (κ2) is 5.86. The normalized spacial score (nSPS) is 10.6. The van der Waals surface area contributed by atoms with Crippen LogP contribution in [0.2, 0.25) is 0 Å². The monoisotopic (exact) mass is 343 g/mol. The quantitative estimate of drug-likeness (QED) is 0.845. The number of thioether (sulfide) groups is 1. The minimum atomic E-state index is -0.860. The first-order valence-corrected chi connectivity index (χ1v) is 7.72. The van der Waals surface area contributed by atoms with Gasteiger partial charge in [0.05, 0.1) is 5.03 Å². The summed E-state index contributed by atoms with van der Waals surface area (Å²) >= 11 is 6.26. The Morgan fingerprint density at radius 2 is 2.33 bits per heavy atom. The van der Waals surface area contributed by atoms with Gasteiger partial charge >= 0.3 is 5.97 Å². The zero-order chi connectivity index (χ0) is 13.1. The zero-order valence-electron chi connectivity index (χ0n) is 9.51. The smallest absolute Gasteiger partial charge is 0.345 e. The van der Waals surface area contributed by atoms with Gasteiger partial charge in [0.25, 0.3) is 0 Å². The minimum absolute atomic E-state index is 0.395. The molecule has 0 bridgehead atoms. The minimum Gasteiger partial charge on any atom is -0.477 e. The number of carbonyl (C=O) groups is 1. The standard InChI is InChI=1S/C12H10BrNO2S2/c1-7-8(4-10(18-7)12(15)16)6-17-11-3-2-9(13)5-14-11/h2-5H,6H2,1H3,(H,15,16). The molecule has 0 saturated carbocycles. The van der Waals surface area contributed by atoms with Crippen LogP contribution in [0.5, 0.6) is 0 Å². The molecule has 0 aliphatic carbocycles. The predicted molar refractivity (Wildman–Crippen MR) is 77.5 cm³/mol. The van der Waals surface area contributed by atoms with Crippen molar-refractivity contribution in [3.8, 4) is 0 Å². The summed E-state index contributed by atoms with van der Waals surface area (Å²) in [6, 6.07) is 5.63. The van der Waals surface area contributed by atoms with Gasteiger partial charge in [-0.1, -0.05) is 0 Å². The van der Waals surface area contributed by atoms with E-state index in [0.717, 1.165) is 25.7 Å². The van der Waals surface area contributed by atoms with Gasteiger partial charge in [0.2, 0.25) is 0 Å². The highest BCUT2D eigenvalue weighted by molar-refractivity contribution is 9.10. The van der Waals surface area contributed by atoms with Crippen molar-refractivity contribution in [3.63, 3.8) is 0 Å². The van der Waals surface area contributed by atoms with E-state index >= 15 is 0 Å². The number of aryl methyl sites for hydroxylation is 1. The van der Waals surface area contributed by atoms with Crippen molar-refractivity contribution >= 4 is 45.0 Å². The maximum Gasteiger partial charge on any atom is 0.345 e. The fraction of sp³-hybridized carbons (Fsp3) is 0.167. The molecule has 6 heteroatoms. The number of carboxylic acid groups (broad SMARTS) is 1. The Bertz CT molecular complexity index is 566. The van der Waals surface area contributed by atoms with Crippen LogP contribution >= 0.6 is 39.0 Å². The van der Waals surface area contributed by atoms with Crippen molar-refractivity contribution in [3.05, 3.63) is 44.2 Å². The lowest BCUT2D eigenvalue weighted by Crippen LogP contribution is -1.90. The molecule has 0 amide bonds. The molecule has 2 aromatic rings. The van der Waals surface area contributed by atoms with Crippen molar-refractivity contribution in [2.75, 3.05) is 0 Å². The van der Waals surface area contributed by atoms with E-state index in [9.17, 15) is 4.79 Å². The number of rotatable bonds is 4. The summed E-state index contributed by atoms with van der Waals surface area (Å²) in [5.41, 5.74) is 1.06. The molecule has 0 atom stereocenters. The molecule has 0 saturated heterocycles. The van der Waals surface area contributed by atoms with E-state index in [-0.39, 0.29) is 0 Å². The number of aromatic carboxylic acids is 1. The molecule has 0 spiro atoms. The fourth-order valence-electron chi connectivity index (χ4n) is 1.37. The van der Waals surface area contributed by atoms with Crippen LogP contribution in [-0.2, 0) is 5.75 Å².